The van der Waals surface area contributed by atoms with E-state index in [1.807, 2.05) is 0 Å². The first-order chi connectivity index (χ1) is 8.56. The second-order valence-electron chi connectivity index (χ2n) is 3.51. The maximum atomic E-state index is 12.9. The molecule has 18 heavy (non-hydrogen) atoms. The highest BCUT2D eigenvalue weighted by molar-refractivity contribution is 6.31. The Hall–Kier alpha value is -2.14. The summed E-state index contributed by atoms with van der Waals surface area (Å²) >= 11 is 5.59. The Bertz CT molecular complexity index is 604. The van der Waals surface area contributed by atoms with Gasteiger partial charge in [0.2, 0.25) is 0 Å². The Morgan fingerprint density at radius 3 is 2.78 bits per heavy atom. The van der Waals surface area contributed by atoms with Gasteiger partial charge in [0.05, 0.1) is 16.8 Å². The number of halogens is 2. The molecule has 92 valence electrons. The third-order valence-corrected chi connectivity index (χ3v) is 2.45. The third-order valence-electron chi connectivity index (χ3n) is 2.16. The van der Waals surface area contributed by atoms with E-state index in [9.17, 15) is 14.3 Å². The van der Waals surface area contributed by atoms with Gasteiger partial charge in [-0.05, 0) is 24.3 Å². The highest BCUT2D eigenvalue weighted by atomic mass is 35.5. The monoisotopic (exact) mass is 266 g/mol. The van der Waals surface area contributed by atoms with Crippen molar-refractivity contribution >= 4 is 23.2 Å². The SMILES string of the molecule is O=C(Nc1ccc(F)c(Cl)c1)c1cncc(O)c1. The van der Waals surface area contributed by atoms with Crippen LogP contribution in [0.25, 0.3) is 0 Å². The number of aromatic nitrogens is 1. The van der Waals surface area contributed by atoms with E-state index >= 15 is 0 Å². The standard InChI is InChI=1S/C12H8ClFN2O2/c13-10-4-8(1-2-11(10)14)16-12(18)7-3-9(17)6-15-5-7/h1-6,17H,(H,16,18). The topological polar surface area (TPSA) is 62.2 Å². The molecule has 1 aromatic heterocycles. The number of aromatic hydroxyl groups is 1. The Morgan fingerprint density at radius 1 is 1.33 bits per heavy atom. The lowest BCUT2D eigenvalue weighted by Crippen LogP contribution is -2.12. The van der Waals surface area contributed by atoms with Gasteiger partial charge in [0.25, 0.3) is 5.91 Å². The van der Waals surface area contributed by atoms with Crippen LogP contribution in [0.5, 0.6) is 5.75 Å². The number of nitrogens with one attached hydrogen (secondary N) is 1. The first-order valence-electron chi connectivity index (χ1n) is 4.96. The Kier molecular flexibility index (Phi) is 3.43. The van der Waals surface area contributed by atoms with Crippen LogP contribution in [-0.2, 0) is 0 Å². The zero-order valence-electron chi connectivity index (χ0n) is 9.02. The summed E-state index contributed by atoms with van der Waals surface area (Å²) in [5, 5.41) is 11.6. The van der Waals surface area contributed by atoms with Gasteiger partial charge in [0.1, 0.15) is 11.6 Å². The van der Waals surface area contributed by atoms with Gasteiger partial charge in [0.15, 0.2) is 0 Å². The summed E-state index contributed by atoms with van der Waals surface area (Å²) in [5.74, 6) is -1.14. The van der Waals surface area contributed by atoms with Crippen LogP contribution in [0.3, 0.4) is 0 Å². The Morgan fingerprint density at radius 2 is 2.11 bits per heavy atom. The zero-order valence-corrected chi connectivity index (χ0v) is 9.78. The van der Waals surface area contributed by atoms with Crippen molar-refractivity contribution in [2.24, 2.45) is 0 Å². The van der Waals surface area contributed by atoms with Crippen molar-refractivity contribution in [3.05, 3.63) is 53.1 Å². The number of pyridine rings is 1. The minimum absolute atomic E-state index is 0.0816. The second-order valence-corrected chi connectivity index (χ2v) is 3.92. The number of anilines is 1. The molecular formula is C12H8ClFN2O2. The average Bonchev–Trinajstić information content (AvgIpc) is 2.34. The molecule has 0 unspecified atom stereocenters. The Labute approximate surface area is 107 Å². The first kappa shape index (κ1) is 12.3. The van der Waals surface area contributed by atoms with Crippen LogP contribution in [-0.4, -0.2) is 16.0 Å². The zero-order chi connectivity index (χ0) is 13.1. The van der Waals surface area contributed by atoms with E-state index in [0.29, 0.717) is 5.69 Å². The lowest BCUT2D eigenvalue weighted by Gasteiger charge is -2.05. The van der Waals surface area contributed by atoms with Crippen molar-refractivity contribution in [1.82, 2.24) is 4.98 Å². The number of hydrogen-bond donors (Lipinski definition) is 2. The molecular weight excluding hydrogens is 259 g/mol. The minimum atomic E-state index is -0.561. The van der Waals surface area contributed by atoms with Crippen molar-refractivity contribution in [1.29, 1.82) is 0 Å². The lowest BCUT2D eigenvalue weighted by atomic mass is 10.2. The molecule has 6 heteroatoms. The van der Waals surface area contributed by atoms with Crippen LogP contribution in [0, 0.1) is 5.82 Å². The van der Waals surface area contributed by atoms with E-state index < -0.39 is 11.7 Å². The minimum Gasteiger partial charge on any atom is -0.506 e. The summed E-state index contributed by atoms with van der Waals surface area (Å²) in [4.78, 5) is 15.4. The van der Waals surface area contributed by atoms with Crippen LogP contribution in [0.4, 0.5) is 10.1 Å². The highest BCUT2D eigenvalue weighted by Gasteiger charge is 2.08. The molecule has 0 saturated heterocycles. The molecule has 0 aliphatic heterocycles. The fourth-order valence-corrected chi connectivity index (χ4v) is 1.51. The molecule has 0 bridgehead atoms. The third kappa shape index (κ3) is 2.75. The molecule has 0 saturated carbocycles. The molecule has 0 fully saturated rings. The van der Waals surface area contributed by atoms with Gasteiger partial charge in [-0.3, -0.25) is 9.78 Å². The van der Waals surface area contributed by atoms with Gasteiger partial charge in [-0.25, -0.2) is 4.39 Å². The summed E-state index contributed by atoms with van der Waals surface area (Å²) in [6, 6.07) is 5.10. The first-order valence-corrected chi connectivity index (χ1v) is 5.34. The number of benzene rings is 1. The average molecular weight is 267 g/mol. The van der Waals surface area contributed by atoms with Crippen molar-refractivity contribution in [3.63, 3.8) is 0 Å². The van der Waals surface area contributed by atoms with Crippen LogP contribution < -0.4 is 5.32 Å². The van der Waals surface area contributed by atoms with Crippen molar-refractivity contribution in [3.8, 4) is 5.75 Å². The maximum absolute atomic E-state index is 12.9. The maximum Gasteiger partial charge on any atom is 0.257 e. The number of hydrogen-bond acceptors (Lipinski definition) is 3. The van der Waals surface area contributed by atoms with E-state index in [0.717, 1.165) is 6.07 Å². The molecule has 4 nitrogen and oxygen atoms in total. The number of carbonyl (C=O) groups is 1. The van der Waals surface area contributed by atoms with E-state index in [1.165, 1.54) is 30.6 Å². The van der Waals surface area contributed by atoms with Crippen molar-refractivity contribution in [2.45, 2.75) is 0 Å². The van der Waals surface area contributed by atoms with Gasteiger partial charge in [-0.15, -0.1) is 0 Å². The molecule has 1 heterocycles. The molecule has 2 rings (SSSR count). The summed E-state index contributed by atoms with van der Waals surface area (Å²) < 4.78 is 12.9. The van der Waals surface area contributed by atoms with Crippen LogP contribution in [0.2, 0.25) is 5.02 Å². The number of amides is 1. The summed E-state index contributed by atoms with van der Waals surface area (Å²) in [6.07, 6.45) is 2.52. The van der Waals surface area contributed by atoms with E-state index in [1.54, 1.807) is 0 Å². The second kappa shape index (κ2) is 5.01. The molecule has 0 aliphatic rings. The summed E-state index contributed by atoms with van der Waals surface area (Å²) in [6.45, 7) is 0. The fraction of sp³-hybridized carbons (Fsp3) is 0. The van der Waals surface area contributed by atoms with Crippen LogP contribution in [0.1, 0.15) is 10.4 Å². The normalized spacial score (nSPS) is 10.1. The van der Waals surface area contributed by atoms with E-state index in [2.05, 4.69) is 10.3 Å². The van der Waals surface area contributed by atoms with Crippen LogP contribution >= 0.6 is 11.6 Å². The molecule has 0 atom stereocenters. The predicted octanol–water partition coefficient (Wildman–Crippen LogP) is 2.83. The van der Waals surface area contributed by atoms with Crippen LogP contribution in [0.15, 0.2) is 36.7 Å². The highest BCUT2D eigenvalue weighted by Crippen LogP contribution is 2.20. The predicted molar refractivity (Wildman–Crippen MR) is 65.3 cm³/mol. The number of carbonyl (C=O) groups excluding carboxylic acids is 1. The van der Waals surface area contributed by atoms with Crippen molar-refractivity contribution < 1.29 is 14.3 Å². The van der Waals surface area contributed by atoms with E-state index in [-0.39, 0.29) is 16.3 Å². The largest absolute Gasteiger partial charge is 0.506 e. The fourth-order valence-electron chi connectivity index (χ4n) is 1.33. The van der Waals surface area contributed by atoms with Gasteiger partial charge in [-0.1, -0.05) is 11.6 Å². The number of nitrogens with zero attached hydrogens (tertiary/aromatic N) is 1. The van der Waals surface area contributed by atoms with Crippen molar-refractivity contribution in [2.75, 3.05) is 5.32 Å². The lowest BCUT2D eigenvalue weighted by molar-refractivity contribution is 0.102. The quantitative estimate of drug-likeness (QED) is 0.879. The van der Waals surface area contributed by atoms with E-state index in [4.69, 9.17) is 11.6 Å². The number of rotatable bonds is 2. The summed E-state index contributed by atoms with van der Waals surface area (Å²) in [7, 11) is 0. The molecule has 0 radical (unpaired) electrons. The van der Waals surface area contributed by atoms with Gasteiger partial charge in [0, 0.05) is 11.9 Å². The molecule has 2 aromatic rings. The Balaban J connectivity index is 2.18. The smallest absolute Gasteiger partial charge is 0.257 e. The van der Waals surface area contributed by atoms with Gasteiger partial charge < -0.3 is 10.4 Å². The van der Waals surface area contributed by atoms with Gasteiger partial charge in [-0.2, -0.15) is 0 Å². The molecule has 1 aromatic carbocycles. The summed E-state index contributed by atoms with van der Waals surface area (Å²) in [5.41, 5.74) is 0.546. The molecule has 0 spiro atoms. The molecule has 2 N–H and O–H groups in total. The molecule has 0 aliphatic carbocycles. The van der Waals surface area contributed by atoms with Gasteiger partial charge >= 0.3 is 0 Å². The molecule has 1 amide bonds.